The highest BCUT2D eigenvalue weighted by Gasteiger charge is 2.17. The summed E-state index contributed by atoms with van der Waals surface area (Å²) < 4.78 is 11.8. The van der Waals surface area contributed by atoms with E-state index in [1.807, 2.05) is 48.5 Å². The van der Waals surface area contributed by atoms with Gasteiger partial charge in [0, 0.05) is 17.5 Å². The minimum Gasteiger partial charge on any atom is -0.508 e. The molecule has 0 fully saturated rings. The molecule has 0 radical (unpaired) electrons. The topological polar surface area (TPSA) is 101 Å². The van der Waals surface area contributed by atoms with E-state index in [9.17, 15) is 14.7 Å². The third kappa shape index (κ3) is 6.99. The molecule has 1 aliphatic rings. The second kappa shape index (κ2) is 12.8. The first-order chi connectivity index (χ1) is 19.5. The first-order valence-corrected chi connectivity index (χ1v) is 13.5. The Balaban J connectivity index is 1.25. The van der Waals surface area contributed by atoms with Crippen LogP contribution in [0.25, 0.3) is 11.0 Å². The van der Waals surface area contributed by atoms with Gasteiger partial charge in [0.15, 0.2) is 5.76 Å². The zero-order chi connectivity index (χ0) is 27.7. The monoisotopic (exact) mass is 536 g/mol. The van der Waals surface area contributed by atoms with Gasteiger partial charge < -0.3 is 24.9 Å². The van der Waals surface area contributed by atoms with Crippen LogP contribution < -0.4 is 15.4 Å². The van der Waals surface area contributed by atoms with Crippen molar-refractivity contribution in [3.63, 3.8) is 0 Å². The highest BCUT2D eigenvalue weighted by Crippen LogP contribution is 2.29. The number of anilines is 1. The number of allylic oxidation sites excluding steroid dienone is 3. The molecule has 204 valence electrons. The summed E-state index contributed by atoms with van der Waals surface area (Å²) in [6.45, 7) is 0.919. The normalized spacial score (nSPS) is 14.5. The number of carbonyl (C=O) groups excluding carboxylic acids is 2. The van der Waals surface area contributed by atoms with Crippen LogP contribution in [-0.4, -0.2) is 30.1 Å². The summed E-state index contributed by atoms with van der Waals surface area (Å²) in [7, 11) is 0. The molecular weight excluding hydrogens is 504 g/mol. The fourth-order valence-corrected chi connectivity index (χ4v) is 4.59. The number of aliphatic hydroxyl groups is 1. The van der Waals surface area contributed by atoms with E-state index in [1.54, 1.807) is 36.4 Å². The summed E-state index contributed by atoms with van der Waals surface area (Å²) in [6, 6.07) is 24.3. The second-order valence-corrected chi connectivity index (χ2v) is 9.78. The van der Waals surface area contributed by atoms with Gasteiger partial charge in [-0.3, -0.25) is 9.59 Å². The molecule has 1 unspecified atom stereocenters. The standard InChI is InChI=1S/C33H32N2O5/c36-27-15-12-24(13-16-27)18-20-39-30-22-26(32(37)34-19-6-9-23-7-2-1-3-8-23)14-17-28(30)35-33(38)31-21-25-10-4-5-11-29(25)40-31/h1-5,7-8,10-12,14-17,21-22,24,36H,6,9,13,18-20H2,(H,34,37)(H,35,38). The number of ether oxygens (including phenoxy) is 1. The summed E-state index contributed by atoms with van der Waals surface area (Å²) in [4.78, 5) is 25.9. The number of rotatable bonds is 11. The van der Waals surface area contributed by atoms with Crippen LogP contribution in [0.3, 0.4) is 0 Å². The van der Waals surface area contributed by atoms with Crippen molar-refractivity contribution in [1.82, 2.24) is 5.32 Å². The van der Waals surface area contributed by atoms with Crippen molar-refractivity contribution in [1.29, 1.82) is 0 Å². The van der Waals surface area contributed by atoms with E-state index in [0.29, 0.717) is 42.2 Å². The Bertz CT molecular complexity index is 1500. The molecule has 4 aromatic rings. The average Bonchev–Trinajstić information content (AvgIpc) is 3.42. The van der Waals surface area contributed by atoms with Crippen molar-refractivity contribution in [3.8, 4) is 5.75 Å². The summed E-state index contributed by atoms with van der Waals surface area (Å²) in [5.41, 5.74) is 2.75. The van der Waals surface area contributed by atoms with Crippen molar-refractivity contribution in [2.75, 3.05) is 18.5 Å². The van der Waals surface area contributed by atoms with E-state index < -0.39 is 5.91 Å². The van der Waals surface area contributed by atoms with E-state index in [1.165, 1.54) is 5.56 Å². The zero-order valence-corrected chi connectivity index (χ0v) is 22.1. The maximum absolute atomic E-state index is 13.0. The molecule has 7 nitrogen and oxygen atoms in total. The highest BCUT2D eigenvalue weighted by atomic mass is 16.5. The zero-order valence-electron chi connectivity index (χ0n) is 22.1. The third-order valence-electron chi connectivity index (χ3n) is 6.83. The van der Waals surface area contributed by atoms with Gasteiger partial charge in [-0.25, -0.2) is 0 Å². The molecule has 40 heavy (non-hydrogen) atoms. The summed E-state index contributed by atoms with van der Waals surface area (Å²) >= 11 is 0. The van der Waals surface area contributed by atoms with Crippen molar-refractivity contribution in [3.05, 3.63) is 120 Å². The van der Waals surface area contributed by atoms with Crippen LogP contribution in [0.1, 0.15) is 45.7 Å². The largest absolute Gasteiger partial charge is 0.508 e. The second-order valence-electron chi connectivity index (χ2n) is 9.78. The molecule has 0 saturated heterocycles. The van der Waals surface area contributed by atoms with Gasteiger partial charge in [0.25, 0.3) is 11.8 Å². The highest BCUT2D eigenvalue weighted by molar-refractivity contribution is 6.05. The molecule has 1 aromatic heterocycles. The Morgan fingerprint density at radius 1 is 0.975 bits per heavy atom. The number of nitrogens with one attached hydrogen (secondary N) is 2. The van der Waals surface area contributed by atoms with Gasteiger partial charge in [-0.2, -0.15) is 0 Å². The molecule has 1 heterocycles. The van der Waals surface area contributed by atoms with E-state index in [-0.39, 0.29) is 23.3 Å². The van der Waals surface area contributed by atoms with Crippen molar-refractivity contribution in [2.24, 2.45) is 5.92 Å². The van der Waals surface area contributed by atoms with Crippen molar-refractivity contribution in [2.45, 2.75) is 25.7 Å². The van der Waals surface area contributed by atoms with Crippen LogP contribution in [0.2, 0.25) is 0 Å². The smallest absolute Gasteiger partial charge is 0.291 e. The Morgan fingerprint density at radius 2 is 1.80 bits per heavy atom. The predicted octanol–water partition coefficient (Wildman–Crippen LogP) is 6.83. The minimum absolute atomic E-state index is 0.186. The number of hydrogen-bond donors (Lipinski definition) is 3. The van der Waals surface area contributed by atoms with Crippen LogP contribution in [0, 0.1) is 5.92 Å². The van der Waals surface area contributed by atoms with Gasteiger partial charge in [-0.15, -0.1) is 0 Å². The van der Waals surface area contributed by atoms with Gasteiger partial charge in [-0.05, 0) is 79.6 Å². The summed E-state index contributed by atoms with van der Waals surface area (Å²) in [6.07, 6.45) is 8.58. The van der Waals surface area contributed by atoms with Gasteiger partial charge in [0.05, 0.1) is 12.3 Å². The van der Waals surface area contributed by atoms with Gasteiger partial charge in [0.1, 0.15) is 17.1 Å². The van der Waals surface area contributed by atoms with Crippen LogP contribution >= 0.6 is 0 Å². The molecule has 2 amide bonds. The molecule has 7 heteroatoms. The number of benzene rings is 3. The Labute approximate surface area is 233 Å². The lowest BCUT2D eigenvalue weighted by Crippen LogP contribution is -2.25. The number of hydrogen-bond acceptors (Lipinski definition) is 5. The van der Waals surface area contributed by atoms with Crippen LogP contribution in [0.15, 0.2) is 107 Å². The first-order valence-electron chi connectivity index (χ1n) is 13.5. The molecule has 0 bridgehead atoms. The molecule has 0 spiro atoms. The van der Waals surface area contributed by atoms with Crippen molar-refractivity contribution >= 4 is 28.5 Å². The Morgan fingerprint density at radius 3 is 2.60 bits per heavy atom. The quantitative estimate of drug-likeness (QED) is 0.182. The molecule has 3 aromatic carbocycles. The fraction of sp³-hybridized carbons (Fsp3) is 0.212. The van der Waals surface area contributed by atoms with E-state index in [4.69, 9.17) is 9.15 Å². The minimum atomic E-state index is -0.407. The summed E-state index contributed by atoms with van der Waals surface area (Å²) in [5.74, 6) is 0.487. The van der Waals surface area contributed by atoms with Gasteiger partial charge in [0.2, 0.25) is 0 Å². The third-order valence-corrected chi connectivity index (χ3v) is 6.83. The number of para-hydroxylation sites is 1. The van der Waals surface area contributed by atoms with Crippen molar-refractivity contribution < 1.29 is 23.8 Å². The Kier molecular flexibility index (Phi) is 8.61. The number of aryl methyl sites for hydroxylation is 1. The van der Waals surface area contributed by atoms with Gasteiger partial charge >= 0.3 is 0 Å². The Hall–Kier alpha value is -4.78. The lowest BCUT2D eigenvalue weighted by atomic mass is 9.97. The molecule has 0 saturated carbocycles. The maximum Gasteiger partial charge on any atom is 0.291 e. The first kappa shape index (κ1) is 26.8. The van der Waals surface area contributed by atoms with Crippen LogP contribution in [-0.2, 0) is 6.42 Å². The molecule has 1 aliphatic carbocycles. The summed E-state index contributed by atoms with van der Waals surface area (Å²) in [5, 5.41) is 16.2. The number of furan rings is 1. The molecule has 3 N–H and O–H groups in total. The van der Waals surface area contributed by atoms with E-state index >= 15 is 0 Å². The number of amides is 2. The van der Waals surface area contributed by atoms with Gasteiger partial charge in [-0.1, -0.05) is 54.6 Å². The molecule has 5 rings (SSSR count). The lowest BCUT2D eigenvalue weighted by molar-refractivity contribution is 0.0952. The molecule has 0 aliphatic heterocycles. The maximum atomic E-state index is 13.0. The van der Waals surface area contributed by atoms with E-state index in [2.05, 4.69) is 22.8 Å². The molecule has 1 atom stereocenters. The number of fused-ring (bicyclic) bond motifs is 1. The number of carbonyl (C=O) groups is 2. The number of aliphatic hydroxyl groups excluding tert-OH is 1. The van der Waals surface area contributed by atoms with Crippen LogP contribution in [0.5, 0.6) is 5.75 Å². The SMILES string of the molecule is O=C(NCCCc1ccccc1)c1ccc(NC(=O)c2cc3ccccc3o2)c(OCCC2C=CC(O)=CC2)c1. The molecular formula is C33H32N2O5. The lowest BCUT2D eigenvalue weighted by Gasteiger charge is -2.17. The average molecular weight is 537 g/mol. The fourth-order valence-electron chi connectivity index (χ4n) is 4.59. The van der Waals surface area contributed by atoms with Crippen LogP contribution in [0.4, 0.5) is 5.69 Å². The predicted molar refractivity (Wildman–Crippen MR) is 156 cm³/mol. The van der Waals surface area contributed by atoms with E-state index in [0.717, 1.165) is 24.6 Å².